The van der Waals surface area contributed by atoms with Crippen molar-refractivity contribution in [2.45, 2.75) is 39.4 Å². The van der Waals surface area contributed by atoms with Crippen molar-refractivity contribution < 1.29 is 0 Å². The second-order valence-electron chi connectivity index (χ2n) is 5.59. The number of thiocarbonyl (C=S) groups is 1. The highest BCUT2D eigenvalue weighted by Gasteiger charge is 2.12. The molecule has 0 aliphatic carbocycles. The zero-order valence-electron chi connectivity index (χ0n) is 13.3. The molecule has 0 amide bonds. The average Bonchev–Trinajstić information content (AvgIpc) is 2.56. The van der Waals surface area contributed by atoms with Crippen molar-refractivity contribution in [1.82, 2.24) is 10.2 Å². The summed E-state index contributed by atoms with van der Waals surface area (Å²) in [5, 5.41) is 4.25. The number of hydrogen-bond donors (Lipinski definition) is 1. The van der Waals surface area contributed by atoms with E-state index < -0.39 is 0 Å². The Kier molecular flexibility index (Phi) is 6.41. The van der Waals surface area contributed by atoms with Crippen molar-refractivity contribution in [2.75, 3.05) is 0 Å². The van der Waals surface area contributed by atoms with Crippen LogP contribution in [0.5, 0.6) is 0 Å². The van der Waals surface area contributed by atoms with Gasteiger partial charge >= 0.3 is 0 Å². The summed E-state index contributed by atoms with van der Waals surface area (Å²) in [6, 6.07) is 21.3. The Bertz CT molecular complexity index is 527. The van der Waals surface area contributed by atoms with E-state index in [0.29, 0.717) is 6.04 Å². The molecule has 0 aliphatic heterocycles. The van der Waals surface area contributed by atoms with E-state index in [1.165, 1.54) is 11.1 Å². The normalized spacial score (nSPS) is 11.7. The van der Waals surface area contributed by atoms with Crippen LogP contribution in [0.1, 0.15) is 31.4 Å². The van der Waals surface area contributed by atoms with Gasteiger partial charge in [-0.05, 0) is 36.7 Å². The molecule has 116 valence electrons. The zero-order valence-corrected chi connectivity index (χ0v) is 14.1. The van der Waals surface area contributed by atoms with Gasteiger partial charge in [-0.25, -0.2) is 0 Å². The van der Waals surface area contributed by atoms with Gasteiger partial charge < -0.3 is 10.2 Å². The quantitative estimate of drug-likeness (QED) is 0.798. The second-order valence-corrected chi connectivity index (χ2v) is 5.97. The lowest BCUT2D eigenvalue weighted by molar-refractivity contribution is 0.392. The molecule has 0 saturated carbocycles. The molecule has 22 heavy (non-hydrogen) atoms. The second kappa shape index (κ2) is 8.54. The van der Waals surface area contributed by atoms with Gasteiger partial charge in [-0.3, -0.25) is 0 Å². The first-order valence-electron chi connectivity index (χ1n) is 7.82. The highest BCUT2D eigenvalue weighted by Crippen LogP contribution is 2.11. The molecule has 2 nitrogen and oxygen atoms in total. The third-order valence-electron chi connectivity index (χ3n) is 3.70. The van der Waals surface area contributed by atoms with Gasteiger partial charge in [0.15, 0.2) is 5.11 Å². The van der Waals surface area contributed by atoms with E-state index in [-0.39, 0.29) is 0 Å². The maximum absolute atomic E-state index is 5.63. The van der Waals surface area contributed by atoms with Crippen LogP contribution in [0.2, 0.25) is 0 Å². The van der Waals surface area contributed by atoms with E-state index in [2.05, 4.69) is 72.6 Å². The summed E-state index contributed by atoms with van der Waals surface area (Å²) in [4.78, 5) is 2.23. The number of hydrogen-bond acceptors (Lipinski definition) is 1. The molecule has 2 aromatic rings. The van der Waals surface area contributed by atoms with Crippen molar-refractivity contribution in [3.05, 3.63) is 71.8 Å². The van der Waals surface area contributed by atoms with E-state index in [4.69, 9.17) is 12.2 Å². The molecule has 1 N–H and O–H groups in total. The van der Waals surface area contributed by atoms with Gasteiger partial charge in [-0.2, -0.15) is 0 Å². The van der Waals surface area contributed by atoms with Crippen LogP contribution in [0.4, 0.5) is 0 Å². The molecule has 1 atom stereocenters. The molecule has 0 saturated heterocycles. The first-order valence-corrected chi connectivity index (χ1v) is 8.23. The number of nitrogens with one attached hydrogen (secondary N) is 1. The summed E-state index contributed by atoms with van der Waals surface area (Å²) < 4.78 is 0. The van der Waals surface area contributed by atoms with Crippen molar-refractivity contribution in [3.8, 4) is 0 Å². The maximum Gasteiger partial charge on any atom is 0.169 e. The fraction of sp³-hybridized carbons (Fsp3) is 0.316. The predicted molar refractivity (Wildman–Crippen MR) is 97.6 cm³/mol. The monoisotopic (exact) mass is 312 g/mol. The van der Waals surface area contributed by atoms with Gasteiger partial charge in [-0.15, -0.1) is 0 Å². The van der Waals surface area contributed by atoms with Crippen LogP contribution in [0.15, 0.2) is 60.7 Å². The van der Waals surface area contributed by atoms with Crippen LogP contribution >= 0.6 is 12.2 Å². The number of benzene rings is 2. The van der Waals surface area contributed by atoms with E-state index in [1.54, 1.807) is 0 Å². The van der Waals surface area contributed by atoms with Crippen LogP contribution in [0, 0.1) is 0 Å². The summed E-state index contributed by atoms with van der Waals surface area (Å²) in [6.45, 7) is 5.96. The summed E-state index contributed by atoms with van der Waals surface area (Å²) >= 11 is 5.63. The Hall–Kier alpha value is -1.87. The average molecular weight is 312 g/mol. The molecule has 0 aliphatic rings. The lowest BCUT2D eigenvalue weighted by atomic mass is 10.2. The van der Waals surface area contributed by atoms with Gasteiger partial charge in [-0.1, -0.05) is 67.6 Å². The molecule has 0 bridgehead atoms. The van der Waals surface area contributed by atoms with Gasteiger partial charge in [0.05, 0.1) is 0 Å². The van der Waals surface area contributed by atoms with Crippen LogP contribution in [-0.2, 0) is 13.1 Å². The van der Waals surface area contributed by atoms with Gasteiger partial charge in [0, 0.05) is 19.1 Å². The van der Waals surface area contributed by atoms with E-state index in [1.807, 2.05) is 12.1 Å². The molecular weight excluding hydrogens is 288 g/mol. The molecule has 0 unspecified atom stereocenters. The largest absolute Gasteiger partial charge is 0.360 e. The van der Waals surface area contributed by atoms with Crippen LogP contribution < -0.4 is 5.32 Å². The molecular formula is C19H24N2S. The van der Waals surface area contributed by atoms with Gasteiger partial charge in [0.2, 0.25) is 0 Å². The van der Waals surface area contributed by atoms with E-state index in [0.717, 1.165) is 24.6 Å². The predicted octanol–water partition coefficient (Wildman–Crippen LogP) is 4.36. The Labute approximate surface area is 139 Å². The first-order chi connectivity index (χ1) is 10.7. The zero-order chi connectivity index (χ0) is 15.8. The van der Waals surface area contributed by atoms with Crippen molar-refractivity contribution in [3.63, 3.8) is 0 Å². The maximum atomic E-state index is 5.63. The van der Waals surface area contributed by atoms with Crippen molar-refractivity contribution >= 4 is 17.3 Å². The van der Waals surface area contributed by atoms with Gasteiger partial charge in [0.25, 0.3) is 0 Å². The highest BCUT2D eigenvalue weighted by atomic mass is 32.1. The molecule has 0 heterocycles. The molecule has 0 spiro atoms. The third kappa shape index (κ3) is 5.15. The molecule has 0 fully saturated rings. The van der Waals surface area contributed by atoms with Crippen LogP contribution in [-0.4, -0.2) is 16.1 Å². The Morgan fingerprint density at radius 3 is 1.82 bits per heavy atom. The third-order valence-corrected chi connectivity index (χ3v) is 4.08. The molecule has 2 rings (SSSR count). The lowest BCUT2D eigenvalue weighted by Crippen LogP contribution is -2.42. The van der Waals surface area contributed by atoms with Crippen molar-refractivity contribution in [1.29, 1.82) is 0 Å². The minimum Gasteiger partial charge on any atom is -0.360 e. The Morgan fingerprint density at radius 2 is 1.41 bits per heavy atom. The summed E-state index contributed by atoms with van der Waals surface area (Å²) in [6.07, 6.45) is 1.06. The van der Waals surface area contributed by atoms with E-state index in [9.17, 15) is 0 Å². The fourth-order valence-electron chi connectivity index (χ4n) is 2.21. The standard InChI is InChI=1S/C19H24N2S/c1-3-16(2)20-19(22)21(14-17-10-6-4-7-11-17)15-18-12-8-5-9-13-18/h4-13,16H,3,14-15H2,1-2H3,(H,20,22)/t16-/m1/s1. The minimum atomic E-state index is 0.390. The molecule has 3 heteroatoms. The number of rotatable bonds is 6. The number of nitrogens with zero attached hydrogens (tertiary/aromatic N) is 1. The van der Waals surface area contributed by atoms with E-state index >= 15 is 0 Å². The van der Waals surface area contributed by atoms with Gasteiger partial charge in [0.1, 0.15) is 0 Å². The fourth-order valence-corrected chi connectivity index (χ4v) is 2.54. The van der Waals surface area contributed by atoms with Crippen molar-refractivity contribution in [2.24, 2.45) is 0 Å². The first kappa shape index (κ1) is 16.5. The summed E-state index contributed by atoms with van der Waals surface area (Å²) in [5.74, 6) is 0. The smallest absolute Gasteiger partial charge is 0.169 e. The SMILES string of the molecule is CC[C@@H](C)NC(=S)N(Cc1ccccc1)Cc1ccccc1. The lowest BCUT2D eigenvalue weighted by Gasteiger charge is -2.28. The Balaban J connectivity index is 2.11. The Morgan fingerprint density at radius 1 is 0.955 bits per heavy atom. The molecule has 0 radical (unpaired) electrons. The summed E-state index contributed by atoms with van der Waals surface area (Å²) in [7, 11) is 0. The van der Waals surface area contributed by atoms with Crippen LogP contribution in [0.3, 0.4) is 0 Å². The topological polar surface area (TPSA) is 15.3 Å². The highest BCUT2D eigenvalue weighted by molar-refractivity contribution is 7.80. The minimum absolute atomic E-state index is 0.390. The summed E-state index contributed by atoms with van der Waals surface area (Å²) in [5.41, 5.74) is 2.54. The molecule has 0 aromatic heterocycles. The van der Waals surface area contributed by atoms with Crippen LogP contribution in [0.25, 0.3) is 0 Å². The molecule has 2 aromatic carbocycles.